The molecule has 9 nitrogen and oxygen atoms in total. The molecule has 176 valence electrons. The van der Waals surface area contributed by atoms with Crippen molar-refractivity contribution in [3.8, 4) is 0 Å². The Morgan fingerprint density at radius 2 is 2.09 bits per heavy atom. The van der Waals surface area contributed by atoms with Gasteiger partial charge < -0.3 is 19.4 Å². The monoisotopic (exact) mass is 482 g/mol. The Morgan fingerprint density at radius 1 is 1.31 bits per heavy atom. The molecule has 2 aliphatic heterocycles. The van der Waals surface area contributed by atoms with Crippen molar-refractivity contribution < 1.29 is 22.7 Å². The van der Waals surface area contributed by atoms with Crippen LogP contribution in [0.25, 0.3) is 11.0 Å². The maximum atomic E-state index is 13.0. The van der Waals surface area contributed by atoms with Crippen molar-refractivity contribution in [3.05, 3.63) is 18.2 Å². The van der Waals surface area contributed by atoms with Gasteiger partial charge in [0, 0.05) is 32.8 Å². The molecule has 1 N–H and O–H groups in total. The Morgan fingerprint density at radius 3 is 2.78 bits per heavy atom. The Kier molecular flexibility index (Phi) is 7.40. The molecule has 1 aromatic carbocycles. The number of rotatable bonds is 8. The van der Waals surface area contributed by atoms with Crippen LogP contribution in [0.5, 0.6) is 0 Å². The smallest absolute Gasteiger partial charge is 0.243 e. The maximum absolute atomic E-state index is 13.0. The second-order valence-electron chi connectivity index (χ2n) is 7.95. The zero-order valence-electron chi connectivity index (χ0n) is 18.5. The third-order valence-corrected chi connectivity index (χ3v) is 8.77. The lowest BCUT2D eigenvalue weighted by Crippen LogP contribution is -2.40. The van der Waals surface area contributed by atoms with Crippen molar-refractivity contribution in [3.63, 3.8) is 0 Å². The lowest BCUT2D eigenvalue weighted by Gasteiger charge is -2.26. The van der Waals surface area contributed by atoms with Crippen LogP contribution < -0.4 is 5.32 Å². The van der Waals surface area contributed by atoms with Gasteiger partial charge in [-0.25, -0.2) is 13.4 Å². The molecule has 4 rings (SSSR count). The zero-order valence-corrected chi connectivity index (χ0v) is 20.1. The van der Waals surface area contributed by atoms with Crippen LogP contribution in [-0.2, 0) is 30.8 Å². The summed E-state index contributed by atoms with van der Waals surface area (Å²) >= 11 is 1.38. The molecular formula is C21H30N4O5S2. The van der Waals surface area contributed by atoms with Gasteiger partial charge in [-0.3, -0.25) is 4.79 Å². The van der Waals surface area contributed by atoms with E-state index >= 15 is 0 Å². The molecule has 2 atom stereocenters. The van der Waals surface area contributed by atoms with E-state index in [0.29, 0.717) is 50.1 Å². The van der Waals surface area contributed by atoms with E-state index in [1.807, 2.05) is 18.4 Å². The van der Waals surface area contributed by atoms with E-state index in [9.17, 15) is 13.2 Å². The van der Waals surface area contributed by atoms with E-state index in [-0.39, 0.29) is 22.2 Å². The Bertz CT molecular complexity index is 1060. The molecule has 2 aliphatic rings. The Labute approximate surface area is 192 Å². The number of thioether (sulfide) groups is 1. The molecule has 0 bridgehead atoms. The maximum Gasteiger partial charge on any atom is 0.243 e. The molecule has 11 heteroatoms. The average molecular weight is 483 g/mol. The summed E-state index contributed by atoms with van der Waals surface area (Å²) in [5.74, 6) is -0.0595. The van der Waals surface area contributed by atoms with Gasteiger partial charge in [0.1, 0.15) is 0 Å². The second-order valence-corrected chi connectivity index (χ2v) is 11.2. The van der Waals surface area contributed by atoms with Crippen LogP contribution in [0.1, 0.15) is 26.7 Å². The van der Waals surface area contributed by atoms with Crippen LogP contribution in [0.4, 0.5) is 0 Å². The molecule has 1 aromatic heterocycles. The lowest BCUT2D eigenvalue weighted by atomic mass is 10.2. The van der Waals surface area contributed by atoms with E-state index in [0.717, 1.165) is 25.0 Å². The molecule has 0 aliphatic carbocycles. The normalized spacial score (nSPS) is 21.1. The number of amides is 1. The van der Waals surface area contributed by atoms with E-state index < -0.39 is 10.0 Å². The highest BCUT2D eigenvalue weighted by molar-refractivity contribution is 8.00. The van der Waals surface area contributed by atoms with Crippen molar-refractivity contribution in [1.82, 2.24) is 19.2 Å². The van der Waals surface area contributed by atoms with Gasteiger partial charge in [0.25, 0.3) is 0 Å². The number of fused-ring (bicyclic) bond motifs is 1. The standard InChI is InChI=1S/C21H30N4O5S2/c1-3-25-19-7-6-17(32(27,28)24-8-11-29-12-9-24)13-18(19)23-21(25)31-15(2)20(26)22-14-16-5-4-10-30-16/h6-7,13,15-16H,3-5,8-12,14H2,1-2H3,(H,22,26)/t15-,16-/m0/s1. The highest BCUT2D eigenvalue weighted by Crippen LogP contribution is 2.29. The molecule has 1 amide bonds. The van der Waals surface area contributed by atoms with Crippen LogP contribution in [0, 0.1) is 0 Å². The quantitative estimate of drug-likeness (QED) is 0.573. The number of hydrogen-bond donors (Lipinski definition) is 1. The van der Waals surface area contributed by atoms with Crippen molar-refractivity contribution in [2.24, 2.45) is 0 Å². The highest BCUT2D eigenvalue weighted by atomic mass is 32.2. The van der Waals surface area contributed by atoms with Gasteiger partial charge in [0.2, 0.25) is 15.9 Å². The number of imidazole rings is 1. The van der Waals surface area contributed by atoms with Crippen molar-refractivity contribution in [2.75, 3.05) is 39.5 Å². The fourth-order valence-corrected chi connectivity index (χ4v) is 6.40. The average Bonchev–Trinajstić information content (AvgIpc) is 3.44. The van der Waals surface area contributed by atoms with Gasteiger partial charge in [0.05, 0.1) is 40.5 Å². The molecule has 0 spiro atoms. The Hall–Kier alpha value is -1.66. The number of nitrogens with zero attached hydrogens (tertiary/aromatic N) is 3. The van der Waals surface area contributed by atoms with Crippen LogP contribution in [0.2, 0.25) is 0 Å². The van der Waals surface area contributed by atoms with Crippen molar-refractivity contribution in [2.45, 2.75) is 54.6 Å². The molecule has 0 radical (unpaired) electrons. The summed E-state index contributed by atoms with van der Waals surface area (Å²) in [5, 5.41) is 3.32. The number of ether oxygens (including phenoxy) is 2. The number of morpholine rings is 1. The Balaban J connectivity index is 1.51. The van der Waals surface area contributed by atoms with Gasteiger partial charge in [0.15, 0.2) is 5.16 Å². The van der Waals surface area contributed by atoms with Crippen molar-refractivity contribution in [1.29, 1.82) is 0 Å². The number of benzene rings is 1. The molecular weight excluding hydrogens is 452 g/mol. The predicted octanol–water partition coefficient (Wildman–Crippen LogP) is 1.85. The summed E-state index contributed by atoms with van der Waals surface area (Å²) in [5.41, 5.74) is 1.46. The minimum atomic E-state index is -3.59. The minimum absolute atomic E-state index is 0.0595. The van der Waals surface area contributed by atoms with E-state index in [2.05, 4.69) is 10.3 Å². The first-order chi connectivity index (χ1) is 15.4. The first-order valence-corrected chi connectivity index (χ1v) is 13.4. The zero-order chi connectivity index (χ0) is 22.7. The molecule has 32 heavy (non-hydrogen) atoms. The number of nitrogens with one attached hydrogen (secondary N) is 1. The summed E-state index contributed by atoms with van der Waals surface area (Å²) in [6.07, 6.45) is 2.11. The summed E-state index contributed by atoms with van der Waals surface area (Å²) in [6, 6.07) is 5.05. The molecule has 2 aromatic rings. The van der Waals surface area contributed by atoms with Crippen LogP contribution in [-0.4, -0.2) is 79.0 Å². The second kappa shape index (κ2) is 10.1. The predicted molar refractivity (Wildman–Crippen MR) is 122 cm³/mol. The van der Waals surface area contributed by atoms with Crippen molar-refractivity contribution >= 4 is 38.7 Å². The summed E-state index contributed by atoms with van der Waals surface area (Å²) < 4.78 is 40.3. The third kappa shape index (κ3) is 4.96. The third-order valence-electron chi connectivity index (χ3n) is 5.79. The first kappa shape index (κ1) is 23.5. The SMILES string of the molecule is CCn1c(S[C@@H](C)C(=O)NC[C@@H]2CCCO2)nc2cc(S(=O)(=O)N3CCOCC3)ccc21. The van der Waals surface area contributed by atoms with Gasteiger partial charge in [-0.1, -0.05) is 11.8 Å². The lowest BCUT2D eigenvalue weighted by molar-refractivity contribution is -0.120. The number of carbonyl (C=O) groups is 1. The number of carbonyl (C=O) groups excluding carboxylic acids is 1. The van der Waals surface area contributed by atoms with E-state index in [1.54, 1.807) is 18.2 Å². The van der Waals surface area contributed by atoms with Crippen LogP contribution in [0.15, 0.2) is 28.3 Å². The van der Waals surface area contributed by atoms with Gasteiger partial charge in [-0.15, -0.1) is 0 Å². The first-order valence-electron chi connectivity index (χ1n) is 11.0. The molecule has 2 saturated heterocycles. The summed E-state index contributed by atoms with van der Waals surface area (Å²) in [4.78, 5) is 17.5. The minimum Gasteiger partial charge on any atom is -0.379 e. The summed E-state index contributed by atoms with van der Waals surface area (Å²) in [6.45, 7) is 7.31. The van der Waals surface area contributed by atoms with Crippen LogP contribution >= 0.6 is 11.8 Å². The summed E-state index contributed by atoms with van der Waals surface area (Å²) in [7, 11) is -3.59. The molecule has 2 fully saturated rings. The fraction of sp³-hybridized carbons (Fsp3) is 0.619. The molecule has 0 saturated carbocycles. The highest BCUT2D eigenvalue weighted by Gasteiger charge is 2.27. The fourth-order valence-electron chi connectivity index (χ4n) is 3.95. The molecule has 0 unspecified atom stereocenters. The van der Waals surface area contributed by atoms with E-state index in [4.69, 9.17) is 9.47 Å². The van der Waals surface area contributed by atoms with Gasteiger partial charge >= 0.3 is 0 Å². The number of hydrogen-bond acceptors (Lipinski definition) is 7. The number of aryl methyl sites for hydroxylation is 1. The van der Waals surface area contributed by atoms with E-state index in [1.165, 1.54) is 16.1 Å². The topological polar surface area (TPSA) is 103 Å². The molecule has 3 heterocycles. The largest absolute Gasteiger partial charge is 0.379 e. The van der Waals surface area contributed by atoms with Gasteiger partial charge in [-0.05, 0) is 44.9 Å². The number of sulfonamides is 1. The number of aromatic nitrogens is 2. The van der Waals surface area contributed by atoms with Crippen LogP contribution in [0.3, 0.4) is 0 Å². The van der Waals surface area contributed by atoms with Gasteiger partial charge in [-0.2, -0.15) is 4.31 Å².